The third-order valence-corrected chi connectivity index (χ3v) is 4.79. The van der Waals surface area contributed by atoms with Crippen molar-refractivity contribution in [3.05, 3.63) is 0 Å². The molecule has 1 atom stereocenters. The predicted octanol–water partition coefficient (Wildman–Crippen LogP) is 2.63. The predicted molar refractivity (Wildman–Crippen MR) is 116 cm³/mol. The lowest BCUT2D eigenvalue weighted by molar-refractivity contribution is 0.00985. The maximum absolute atomic E-state index is 12.1. The molecule has 1 amide bonds. The summed E-state index contributed by atoms with van der Waals surface area (Å²) >= 11 is 0. The van der Waals surface area contributed by atoms with Gasteiger partial charge in [-0.2, -0.15) is 0 Å². The summed E-state index contributed by atoms with van der Waals surface area (Å²) in [6.45, 7) is 13.6. The van der Waals surface area contributed by atoms with Gasteiger partial charge in [0.1, 0.15) is 5.60 Å². The summed E-state index contributed by atoms with van der Waals surface area (Å²) in [6, 6.07) is -0.0525. The standard InChI is InChI=1S/C21H42N4O4/c1-16(2)18(24-20(26)29-21(3,4)5)15-23-19(22-6)25-11-9-17(10-12-25)28-14-8-13-27-7/h16-18H,8-15H2,1-7H3,(H,22,23)(H,24,26). The van der Waals surface area contributed by atoms with Crippen molar-refractivity contribution in [3.63, 3.8) is 0 Å². The molecule has 1 unspecified atom stereocenters. The number of guanidine groups is 1. The highest BCUT2D eigenvalue weighted by molar-refractivity contribution is 5.80. The average Bonchev–Trinajstić information content (AvgIpc) is 2.64. The lowest BCUT2D eigenvalue weighted by Gasteiger charge is -2.35. The highest BCUT2D eigenvalue weighted by Gasteiger charge is 2.24. The number of carbonyl (C=O) groups excluding carboxylic acids is 1. The topological polar surface area (TPSA) is 84.4 Å². The number of carbonyl (C=O) groups is 1. The Hall–Kier alpha value is -1.54. The molecule has 8 nitrogen and oxygen atoms in total. The number of amides is 1. The molecule has 8 heteroatoms. The molecule has 0 aromatic carbocycles. The van der Waals surface area contributed by atoms with E-state index in [4.69, 9.17) is 14.2 Å². The van der Waals surface area contributed by atoms with Crippen LogP contribution in [-0.2, 0) is 14.2 Å². The minimum atomic E-state index is -0.509. The zero-order chi connectivity index (χ0) is 21.9. The Morgan fingerprint density at radius 3 is 2.38 bits per heavy atom. The largest absolute Gasteiger partial charge is 0.444 e. The van der Waals surface area contributed by atoms with Crippen LogP contribution in [0, 0.1) is 5.92 Å². The molecule has 1 heterocycles. The Bertz CT molecular complexity index is 497. The minimum Gasteiger partial charge on any atom is -0.444 e. The van der Waals surface area contributed by atoms with Crippen LogP contribution in [0.4, 0.5) is 4.79 Å². The molecule has 0 aromatic rings. The van der Waals surface area contributed by atoms with E-state index in [2.05, 4.69) is 34.4 Å². The summed E-state index contributed by atoms with van der Waals surface area (Å²) in [5.41, 5.74) is -0.509. The van der Waals surface area contributed by atoms with Crippen LogP contribution in [0.15, 0.2) is 4.99 Å². The molecule has 2 N–H and O–H groups in total. The van der Waals surface area contributed by atoms with Crippen LogP contribution in [0.5, 0.6) is 0 Å². The number of alkyl carbamates (subject to hydrolysis) is 1. The van der Waals surface area contributed by atoms with Gasteiger partial charge in [-0.25, -0.2) is 4.79 Å². The fourth-order valence-electron chi connectivity index (χ4n) is 3.13. The summed E-state index contributed by atoms with van der Waals surface area (Å²) < 4.78 is 16.4. The summed E-state index contributed by atoms with van der Waals surface area (Å²) in [7, 11) is 3.51. The number of nitrogens with one attached hydrogen (secondary N) is 2. The maximum atomic E-state index is 12.1. The first-order chi connectivity index (χ1) is 13.7. The molecule has 1 saturated heterocycles. The van der Waals surface area contributed by atoms with Crippen molar-refractivity contribution in [3.8, 4) is 0 Å². The molecule has 0 radical (unpaired) electrons. The molecule has 29 heavy (non-hydrogen) atoms. The van der Waals surface area contributed by atoms with Crippen LogP contribution in [0.25, 0.3) is 0 Å². The normalized spacial score (nSPS) is 17.4. The summed E-state index contributed by atoms with van der Waals surface area (Å²) in [5, 5.41) is 6.38. The van der Waals surface area contributed by atoms with Gasteiger partial charge in [-0.1, -0.05) is 13.8 Å². The van der Waals surface area contributed by atoms with Crippen molar-refractivity contribution in [2.24, 2.45) is 10.9 Å². The van der Waals surface area contributed by atoms with Crippen LogP contribution in [0.1, 0.15) is 53.9 Å². The van der Waals surface area contributed by atoms with E-state index in [-0.39, 0.29) is 18.1 Å². The first-order valence-electron chi connectivity index (χ1n) is 10.7. The smallest absolute Gasteiger partial charge is 0.407 e. The van der Waals surface area contributed by atoms with Crippen molar-refractivity contribution in [1.29, 1.82) is 0 Å². The van der Waals surface area contributed by atoms with Crippen molar-refractivity contribution >= 4 is 12.1 Å². The fraction of sp³-hybridized carbons (Fsp3) is 0.905. The fourth-order valence-corrected chi connectivity index (χ4v) is 3.13. The van der Waals surface area contributed by atoms with Crippen molar-refractivity contribution in [2.75, 3.05) is 47.0 Å². The number of aliphatic imine (C=N–C) groups is 1. The number of hydrogen-bond donors (Lipinski definition) is 2. The number of piperidine rings is 1. The van der Waals surface area contributed by atoms with Crippen molar-refractivity contribution < 1.29 is 19.0 Å². The third kappa shape index (κ3) is 10.7. The summed E-state index contributed by atoms with van der Waals surface area (Å²) in [5.74, 6) is 1.12. The van der Waals surface area contributed by atoms with Crippen LogP contribution in [-0.4, -0.2) is 81.7 Å². The van der Waals surface area contributed by atoms with E-state index in [1.807, 2.05) is 20.8 Å². The molecule has 0 bridgehead atoms. The number of likely N-dealkylation sites (tertiary alicyclic amines) is 1. The van der Waals surface area contributed by atoms with Crippen LogP contribution in [0.3, 0.4) is 0 Å². The van der Waals surface area contributed by atoms with E-state index in [9.17, 15) is 4.79 Å². The lowest BCUT2D eigenvalue weighted by atomic mass is 10.0. The van der Waals surface area contributed by atoms with E-state index in [1.54, 1.807) is 14.2 Å². The van der Waals surface area contributed by atoms with E-state index >= 15 is 0 Å². The third-order valence-electron chi connectivity index (χ3n) is 4.79. The minimum absolute atomic E-state index is 0.0525. The number of rotatable bonds is 9. The van der Waals surface area contributed by atoms with Gasteiger partial charge in [-0.05, 0) is 46.0 Å². The van der Waals surface area contributed by atoms with Gasteiger partial charge in [-0.3, -0.25) is 4.99 Å². The summed E-state index contributed by atoms with van der Waals surface area (Å²) in [6.07, 6.45) is 2.81. The maximum Gasteiger partial charge on any atom is 0.407 e. The second-order valence-corrected chi connectivity index (χ2v) is 8.83. The second kappa shape index (κ2) is 12.9. The van der Waals surface area contributed by atoms with Gasteiger partial charge < -0.3 is 29.7 Å². The zero-order valence-electron chi connectivity index (χ0n) is 19.4. The van der Waals surface area contributed by atoms with E-state index in [0.29, 0.717) is 12.6 Å². The Morgan fingerprint density at radius 1 is 1.21 bits per heavy atom. The first-order valence-corrected chi connectivity index (χ1v) is 10.7. The summed E-state index contributed by atoms with van der Waals surface area (Å²) in [4.78, 5) is 18.8. The van der Waals surface area contributed by atoms with Crippen LogP contribution >= 0.6 is 0 Å². The average molecular weight is 415 g/mol. The molecule has 0 saturated carbocycles. The van der Waals surface area contributed by atoms with Gasteiger partial charge in [0.15, 0.2) is 5.96 Å². The lowest BCUT2D eigenvalue weighted by Crippen LogP contribution is -2.52. The van der Waals surface area contributed by atoms with Crippen LogP contribution in [0.2, 0.25) is 0 Å². The van der Waals surface area contributed by atoms with Gasteiger partial charge in [0.2, 0.25) is 0 Å². The van der Waals surface area contributed by atoms with E-state index < -0.39 is 5.60 Å². The van der Waals surface area contributed by atoms with Crippen molar-refractivity contribution in [2.45, 2.75) is 71.6 Å². The molecule has 1 aliphatic heterocycles. The van der Waals surface area contributed by atoms with Gasteiger partial charge in [-0.15, -0.1) is 0 Å². The number of methoxy groups -OCH3 is 1. The number of ether oxygens (including phenoxy) is 3. The molecule has 1 aliphatic rings. The molecule has 0 aliphatic carbocycles. The Balaban J connectivity index is 2.44. The van der Waals surface area contributed by atoms with Gasteiger partial charge in [0.05, 0.1) is 12.1 Å². The molecular weight excluding hydrogens is 372 g/mol. The Kier molecular flexibility index (Phi) is 11.3. The number of hydrogen-bond acceptors (Lipinski definition) is 5. The molecular formula is C21H42N4O4. The quantitative estimate of drug-likeness (QED) is 0.343. The van der Waals surface area contributed by atoms with Gasteiger partial charge in [0, 0.05) is 47.0 Å². The Morgan fingerprint density at radius 2 is 1.86 bits per heavy atom. The zero-order valence-corrected chi connectivity index (χ0v) is 19.4. The highest BCUT2D eigenvalue weighted by Crippen LogP contribution is 2.14. The molecule has 0 aromatic heterocycles. The monoisotopic (exact) mass is 414 g/mol. The Labute approximate surface area is 176 Å². The van der Waals surface area contributed by atoms with Gasteiger partial charge in [0.25, 0.3) is 0 Å². The highest BCUT2D eigenvalue weighted by atomic mass is 16.6. The second-order valence-electron chi connectivity index (χ2n) is 8.83. The molecule has 1 rings (SSSR count). The molecule has 0 spiro atoms. The van der Waals surface area contributed by atoms with Crippen LogP contribution < -0.4 is 10.6 Å². The first kappa shape index (κ1) is 25.5. The van der Waals surface area contributed by atoms with Gasteiger partial charge >= 0.3 is 6.09 Å². The molecule has 1 fully saturated rings. The van der Waals surface area contributed by atoms with Crippen molar-refractivity contribution in [1.82, 2.24) is 15.5 Å². The van der Waals surface area contributed by atoms with E-state index in [0.717, 1.165) is 51.5 Å². The SMILES string of the molecule is CN=C(NCC(NC(=O)OC(C)(C)C)C(C)C)N1CCC(OCCCOC)CC1. The number of nitrogens with zero attached hydrogens (tertiary/aromatic N) is 2. The molecule has 170 valence electrons. The van der Waals surface area contributed by atoms with E-state index in [1.165, 1.54) is 0 Å².